The monoisotopic (exact) mass is 264 g/mol. The molecule has 1 aliphatic rings. The molecule has 0 bridgehead atoms. The summed E-state index contributed by atoms with van der Waals surface area (Å²) in [5, 5.41) is 9.59. The van der Waals surface area contributed by atoms with E-state index in [0.29, 0.717) is 11.8 Å². The van der Waals surface area contributed by atoms with E-state index in [4.69, 9.17) is 4.74 Å². The van der Waals surface area contributed by atoms with Crippen LogP contribution in [-0.2, 0) is 6.54 Å². The van der Waals surface area contributed by atoms with Crippen molar-refractivity contribution >= 4 is 0 Å². The number of piperazine rings is 1. The van der Waals surface area contributed by atoms with E-state index < -0.39 is 0 Å². The lowest BCUT2D eigenvalue weighted by molar-refractivity contribution is 0.104. The number of ether oxygens (including phenoxy) is 1. The number of methoxy groups -OCH3 is 1. The van der Waals surface area contributed by atoms with E-state index in [1.54, 1.807) is 13.2 Å². The number of benzene rings is 1. The normalized spacial score (nSPS) is 17.9. The van der Waals surface area contributed by atoms with Crippen molar-refractivity contribution in [2.24, 2.45) is 0 Å². The van der Waals surface area contributed by atoms with Gasteiger partial charge < -0.3 is 9.84 Å². The van der Waals surface area contributed by atoms with E-state index in [1.807, 2.05) is 12.1 Å². The Labute approximate surface area is 115 Å². The standard InChI is InChI=1S/C15H24N2O2/c1-12(2)17-8-6-16(7-9-17)11-13-4-5-14(18)15(10-13)19-3/h4-5,10,12,18H,6-9,11H2,1-3H3. The Hall–Kier alpha value is -1.26. The predicted molar refractivity (Wildman–Crippen MR) is 76.6 cm³/mol. The van der Waals surface area contributed by atoms with Gasteiger partial charge in [-0.3, -0.25) is 9.80 Å². The van der Waals surface area contributed by atoms with Crippen LogP contribution in [-0.4, -0.2) is 54.2 Å². The first-order chi connectivity index (χ1) is 9.10. The van der Waals surface area contributed by atoms with Crippen molar-refractivity contribution in [1.82, 2.24) is 9.80 Å². The van der Waals surface area contributed by atoms with E-state index in [9.17, 15) is 5.11 Å². The third-order valence-corrected chi connectivity index (χ3v) is 3.79. The predicted octanol–water partition coefficient (Wildman–Crippen LogP) is 1.93. The quantitative estimate of drug-likeness (QED) is 0.901. The summed E-state index contributed by atoms with van der Waals surface area (Å²) < 4.78 is 5.15. The van der Waals surface area contributed by atoms with Gasteiger partial charge in [-0.25, -0.2) is 0 Å². The molecule has 0 spiro atoms. The van der Waals surface area contributed by atoms with Crippen LogP contribution in [0.2, 0.25) is 0 Å². The van der Waals surface area contributed by atoms with Crippen molar-refractivity contribution < 1.29 is 9.84 Å². The van der Waals surface area contributed by atoms with Gasteiger partial charge in [0, 0.05) is 38.8 Å². The van der Waals surface area contributed by atoms with E-state index >= 15 is 0 Å². The molecule has 0 aromatic heterocycles. The van der Waals surface area contributed by atoms with Gasteiger partial charge in [0.05, 0.1) is 7.11 Å². The Morgan fingerprint density at radius 3 is 2.47 bits per heavy atom. The maximum Gasteiger partial charge on any atom is 0.160 e. The number of nitrogens with zero attached hydrogens (tertiary/aromatic N) is 2. The van der Waals surface area contributed by atoms with Gasteiger partial charge in [-0.05, 0) is 31.5 Å². The molecule has 1 fully saturated rings. The van der Waals surface area contributed by atoms with Gasteiger partial charge in [0.25, 0.3) is 0 Å². The SMILES string of the molecule is COc1cc(CN2CCN(C(C)C)CC2)ccc1O. The number of rotatable bonds is 4. The molecule has 1 N–H and O–H groups in total. The van der Waals surface area contributed by atoms with Crippen molar-refractivity contribution in [2.45, 2.75) is 26.4 Å². The number of hydrogen-bond acceptors (Lipinski definition) is 4. The number of phenolic OH excluding ortho intramolecular Hbond substituents is 1. The Bertz CT molecular complexity index is 413. The van der Waals surface area contributed by atoms with Gasteiger partial charge in [0.1, 0.15) is 0 Å². The van der Waals surface area contributed by atoms with Gasteiger partial charge in [-0.15, -0.1) is 0 Å². The van der Waals surface area contributed by atoms with Crippen molar-refractivity contribution in [3.8, 4) is 11.5 Å². The zero-order valence-corrected chi connectivity index (χ0v) is 12.1. The number of phenols is 1. The van der Waals surface area contributed by atoms with Crippen LogP contribution < -0.4 is 4.74 Å². The Morgan fingerprint density at radius 1 is 1.21 bits per heavy atom. The fourth-order valence-corrected chi connectivity index (χ4v) is 2.52. The van der Waals surface area contributed by atoms with E-state index in [2.05, 4.69) is 23.6 Å². The summed E-state index contributed by atoms with van der Waals surface area (Å²) in [7, 11) is 1.58. The van der Waals surface area contributed by atoms with Crippen LogP contribution in [0.15, 0.2) is 18.2 Å². The number of hydrogen-bond donors (Lipinski definition) is 1. The molecular weight excluding hydrogens is 240 g/mol. The zero-order chi connectivity index (χ0) is 13.8. The Morgan fingerprint density at radius 2 is 1.89 bits per heavy atom. The lowest BCUT2D eigenvalue weighted by Crippen LogP contribution is -2.48. The molecule has 1 aromatic rings. The molecule has 1 aliphatic heterocycles. The maximum absolute atomic E-state index is 9.59. The summed E-state index contributed by atoms with van der Waals surface area (Å²) in [6.07, 6.45) is 0. The van der Waals surface area contributed by atoms with Crippen LogP contribution in [0, 0.1) is 0 Å². The maximum atomic E-state index is 9.59. The van der Waals surface area contributed by atoms with Crippen LogP contribution >= 0.6 is 0 Å². The highest BCUT2D eigenvalue weighted by Gasteiger charge is 2.18. The molecule has 0 saturated carbocycles. The first-order valence-corrected chi connectivity index (χ1v) is 6.92. The van der Waals surface area contributed by atoms with E-state index in [-0.39, 0.29) is 5.75 Å². The summed E-state index contributed by atoms with van der Waals surface area (Å²) in [4.78, 5) is 4.96. The molecule has 4 nitrogen and oxygen atoms in total. The Balaban J connectivity index is 1.92. The van der Waals surface area contributed by atoms with Crippen LogP contribution in [0.4, 0.5) is 0 Å². The lowest BCUT2D eigenvalue weighted by atomic mass is 10.1. The third kappa shape index (κ3) is 3.61. The summed E-state index contributed by atoms with van der Waals surface area (Å²) in [5.74, 6) is 0.759. The first kappa shape index (κ1) is 14.2. The minimum atomic E-state index is 0.205. The van der Waals surface area contributed by atoms with Crippen LogP contribution in [0.5, 0.6) is 11.5 Å². The van der Waals surface area contributed by atoms with Crippen molar-refractivity contribution in [2.75, 3.05) is 33.3 Å². The minimum absolute atomic E-state index is 0.205. The highest BCUT2D eigenvalue weighted by Crippen LogP contribution is 2.26. The molecule has 0 radical (unpaired) electrons. The fourth-order valence-electron chi connectivity index (χ4n) is 2.52. The average Bonchev–Trinajstić information content (AvgIpc) is 2.41. The van der Waals surface area contributed by atoms with E-state index in [0.717, 1.165) is 32.7 Å². The fraction of sp³-hybridized carbons (Fsp3) is 0.600. The smallest absolute Gasteiger partial charge is 0.160 e. The van der Waals surface area contributed by atoms with Crippen LogP contribution in [0.25, 0.3) is 0 Å². The average molecular weight is 264 g/mol. The second-order valence-electron chi connectivity index (χ2n) is 5.41. The highest BCUT2D eigenvalue weighted by atomic mass is 16.5. The second kappa shape index (κ2) is 6.26. The van der Waals surface area contributed by atoms with E-state index in [1.165, 1.54) is 5.56 Å². The van der Waals surface area contributed by atoms with Crippen molar-refractivity contribution in [1.29, 1.82) is 0 Å². The summed E-state index contributed by atoms with van der Waals surface area (Å²) >= 11 is 0. The minimum Gasteiger partial charge on any atom is -0.504 e. The molecule has 2 rings (SSSR count). The van der Waals surface area contributed by atoms with Gasteiger partial charge in [0.2, 0.25) is 0 Å². The topological polar surface area (TPSA) is 35.9 Å². The third-order valence-electron chi connectivity index (χ3n) is 3.79. The molecule has 19 heavy (non-hydrogen) atoms. The zero-order valence-electron chi connectivity index (χ0n) is 12.1. The molecule has 1 saturated heterocycles. The summed E-state index contributed by atoms with van der Waals surface area (Å²) in [5.41, 5.74) is 1.19. The summed E-state index contributed by atoms with van der Waals surface area (Å²) in [6.45, 7) is 9.88. The molecule has 1 heterocycles. The first-order valence-electron chi connectivity index (χ1n) is 6.92. The molecule has 0 atom stereocenters. The van der Waals surface area contributed by atoms with Crippen molar-refractivity contribution in [3.05, 3.63) is 23.8 Å². The lowest BCUT2D eigenvalue weighted by Gasteiger charge is -2.36. The molecule has 1 aromatic carbocycles. The molecule has 4 heteroatoms. The van der Waals surface area contributed by atoms with Crippen molar-refractivity contribution in [3.63, 3.8) is 0 Å². The highest BCUT2D eigenvalue weighted by molar-refractivity contribution is 5.41. The number of aromatic hydroxyl groups is 1. The second-order valence-corrected chi connectivity index (χ2v) is 5.41. The Kier molecular flexibility index (Phi) is 4.66. The van der Waals surface area contributed by atoms with Gasteiger partial charge in [0.15, 0.2) is 11.5 Å². The summed E-state index contributed by atoms with van der Waals surface area (Å²) in [6, 6.07) is 6.23. The van der Waals surface area contributed by atoms with Gasteiger partial charge >= 0.3 is 0 Å². The molecule has 0 unspecified atom stereocenters. The van der Waals surface area contributed by atoms with Gasteiger partial charge in [-0.2, -0.15) is 0 Å². The van der Waals surface area contributed by atoms with Crippen LogP contribution in [0.3, 0.4) is 0 Å². The molecular formula is C15H24N2O2. The van der Waals surface area contributed by atoms with Gasteiger partial charge in [-0.1, -0.05) is 6.07 Å². The molecule has 0 aliphatic carbocycles. The molecule has 0 amide bonds. The largest absolute Gasteiger partial charge is 0.504 e. The van der Waals surface area contributed by atoms with Crippen LogP contribution in [0.1, 0.15) is 19.4 Å². The molecule has 106 valence electrons.